The van der Waals surface area contributed by atoms with Gasteiger partial charge in [0.05, 0.1) is 11.0 Å². The van der Waals surface area contributed by atoms with Crippen LogP contribution in [0.25, 0.3) is 0 Å². The summed E-state index contributed by atoms with van der Waals surface area (Å²) in [7, 11) is -3.44. The summed E-state index contributed by atoms with van der Waals surface area (Å²) in [6, 6.07) is 6.55. The second-order valence-corrected chi connectivity index (χ2v) is 7.47. The van der Waals surface area contributed by atoms with Crippen molar-refractivity contribution in [2.24, 2.45) is 5.92 Å². The first-order valence-corrected chi connectivity index (χ1v) is 8.93. The molecular formula is C15H24N2O3S. The quantitative estimate of drug-likeness (QED) is 0.840. The number of benzene rings is 1. The number of hydrogen-bond acceptors (Lipinski definition) is 4. The van der Waals surface area contributed by atoms with Crippen LogP contribution in [0.2, 0.25) is 0 Å². The summed E-state index contributed by atoms with van der Waals surface area (Å²) in [4.78, 5) is 0.280. The first-order valence-electron chi connectivity index (χ1n) is 7.44. The van der Waals surface area contributed by atoms with Crippen molar-refractivity contribution >= 4 is 10.0 Å². The van der Waals surface area contributed by atoms with Gasteiger partial charge < -0.3 is 10.1 Å². The van der Waals surface area contributed by atoms with E-state index in [4.69, 9.17) is 4.74 Å². The van der Waals surface area contributed by atoms with Crippen LogP contribution in [0.4, 0.5) is 0 Å². The Morgan fingerprint density at radius 2 is 2.05 bits per heavy atom. The van der Waals surface area contributed by atoms with E-state index in [1.54, 1.807) is 24.3 Å². The molecule has 1 atom stereocenters. The van der Waals surface area contributed by atoms with Gasteiger partial charge in [-0.1, -0.05) is 0 Å². The van der Waals surface area contributed by atoms with Crippen molar-refractivity contribution in [1.29, 1.82) is 0 Å². The van der Waals surface area contributed by atoms with Crippen molar-refractivity contribution in [2.75, 3.05) is 19.6 Å². The minimum Gasteiger partial charge on any atom is -0.491 e. The Balaban J connectivity index is 1.95. The van der Waals surface area contributed by atoms with Gasteiger partial charge in [-0.05, 0) is 70.0 Å². The third-order valence-electron chi connectivity index (χ3n) is 3.47. The van der Waals surface area contributed by atoms with Crippen LogP contribution in [-0.2, 0) is 10.0 Å². The number of piperidine rings is 1. The van der Waals surface area contributed by atoms with Crippen molar-refractivity contribution in [3.63, 3.8) is 0 Å². The van der Waals surface area contributed by atoms with Gasteiger partial charge in [0, 0.05) is 6.54 Å². The Morgan fingerprint density at radius 3 is 2.62 bits per heavy atom. The van der Waals surface area contributed by atoms with Gasteiger partial charge in [-0.3, -0.25) is 0 Å². The molecule has 0 aliphatic carbocycles. The maximum atomic E-state index is 12.2. The van der Waals surface area contributed by atoms with Gasteiger partial charge in [-0.15, -0.1) is 0 Å². The summed E-state index contributed by atoms with van der Waals surface area (Å²) in [5.41, 5.74) is 0. The average Bonchev–Trinajstić information content (AvgIpc) is 2.46. The Bertz CT molecular complexity index is 535. The molecular weight excluding hydrogens is 288 g/mol. The summed E-state index contributed by atoms with van der Waals surface area (Å²) in [6.07, 6.45) is 2.24. The van der Waals surface area contributed by atoms with E-state index >= 15 is 0 Å². The molecule has 5 nitrogen and oxygen atoms in total. The molecule has 0 saturated carbocycles. The second-order valence-electron chi connectivity index (χ2n) is 5.70. The van der Waals surface area contributed by atoms with E-state index < -0.39 is 10.0 Å². The number of rotatable bonds is 6. The van der Waals surface area contributed by atoms with Gasteiger partial charge in [0.25, 0.3) is 0 Å². The van der Waals surface area contributed by atoms with Crippen LogP contribution in [-0.4, -0.2) is 34.2 Å². The molecule has 1 aliphatic heterocycles. The molecule has 6 heteroatoms. The highest BCUT2D eigenvalue weighted by atomic mass is 32.2. The minimum absolute atomic E-state index is 0.0735. The van der Waals surface area contributed by atoms with E-state index in [0.29, 0.717) is 18.2 Å². The predicted octanol–water partition coefficient (Wildman–Crippen LogP) is 1.75. The van der Waals surface area contributed by atoms with E-state index in [-0.39, 0.29) is 11.0 Å². The smallest absolute Gasteiger partial charge is 0.240 e. The van der Waals surface area contributed by atoms with Crippen LogP contribution in [0.5, 0.6) is 5.75 Å². The maximum absolute atomic E-state index is 12.2. The molecule has 0 bridgehead atoms. The van der Waals surface area contributed by atoms with Crippen molar-refractivity contribution in [1.82, 2.24) is 10.0 Å². The zero-order valence-electron chi connectivity index (χ0n) is 12.6. The zero-order valence-corrected chi connectivity index (χ0v) is 13.4. The average molecular weight is 312 g/mol. The molecule has 2 N–H and O–H groups in total. The van der Waals surface area contributed by atoms with Crippen molar-refractivity contribution in [3.8, 4) is 5.75 Å². The molecule has 0 aromatic heterocycles. The molecule has 0 spiro atoms. The first-order chi connectivity index (χ1) is 9.97. The van der Waals surface area contributed by atoms with Gasteiger partial charge in [-0.2, -0.15) is 0 Å². The summed E-state index contributed by atoms with van der Waals surface area (Å²) >= 11 is 0. The van der Waals surface area contributed by atoms with Crippen LogP contribution in [0.15, 0.2) is 29.2 Å². The third-order valence-corrected chi connectivity index (χ3v) is 4.91. The Morgan fingerprint density at radius 1 is 1.33 bits per heavy atom. The highest BCUT2D eigenvalue weighted by Gasteiger charge is 2.18. The fourth-order valence-corrected chi connectivity index (χ4v) is 3.49. The normalized spacial score (nSPS) is 19.7. The van der Waals surface area contributed by atoms with Gasteiger partial charge >= 0.3 is 0 Å². The molecule has 2 rings (SSSR count). The molecule has 1 unspecified atom stereocenters. The van der Waals surface area contributed by atoms with Gasteiger partial charge in [0.1, 0.15) is 5.75 Å². The fourth-order valence-electron chi connectivity index (χ4n) is 2.38. The van der Waals surface area contributed by atoms with E-state index in [1.807, 2.05) is 13.8 Å². The third kappa shape index (κ3) is 4.98. The van der Waals surface area contributed by atoms with Crippen molar-refractivity contribution in [2.45, 2.75) is 37.7 Å². The fraction of sp³-hybridized carbons (Fsp3) is 0.600. The Labute approximate surface area is 127 Å². The molecule has 1 aliphatic rings. The second kappa shape index (κ2) is 7.24. The van der Waals surface area contributed by atoms with Crippen LogP contribution in [0.3, 0.4) is 0 Å². The van der Waals surface area contributed by atoms with E-state index in [9.17, 15) is 8.42 Å². The molecule has 1 heterocycles. The number of sulfonamides is 1. The molecule has 0 radical (unpaired) electrons. The molecule has 1 aromatic rings. The monoisotopic (exact) mass is 312 g/mol. The van der Waals surface area contributed by atoms with Crippen molar-refractivity contribution in [3.05, 3.63) is 24.3 Å². The topological polar surface area (TPSA) is 67.4 Å². The van der Waals surface area contributed by atoms with Crippen LogP contribution < -0.4 is 14.8 Å². The lowest BCUT2D eigenvalue weighted by Gasteiger charge is -2.22. The lowest BCUT2D eigenvalue weighted by atomic mass is 10.0. The van der Waals surface area contributed by atoms with Crippen LogP contribution in [0, 0.1) is 5.92 Å². The van der Waals surface area contributed by atoms with Gasteiger partial charge in [0.2, 0.25) is 10.0 Å². The summed E-state index contributed by atoms with van der Waals surface area (Å²) in [5.74, 6) is 1.05. The summed E-state index contributed by atoms with van der Waals surface area (Å²) in [6.45, 7) is 6.26. The first kappa shape index (κ1) is 16.3. The standard InChI is InChI=1S/C15H24N2O3S/c1-12(2)20-14-5-7-15(8-6-14)21(18,19)17-11-13-4-3-9-16-10-13/h5-8,12-13,16-17H,3-4,9-11H2,1-2H3. The SMILES string of the molecule is CC(C)Oc1ccc(S(=O)(=O)NCC2CCCNC2)cc1. The number of ether oxygens (including phenoxy) is 1. The highest BCUT2D eigenvalue weighted by molar-refractivity contribution is 7.89. The van der Waals surface area contributed by atoms with Gasteiger partial charge in [-0.25, -0.2) is 13.1 Å². The molecule has 1 fully saturated rings. The number of nitrogens with one attached hydrogen (secondary N) is 2. The van der Waals surface area contributed by atoms with Crippen LogP contribution >= 0.6 is 0 Å². The highest BCUT2D eigenvalue weighted by Crippen LogP contribution is 2.17. The number of hydrogen-bond donors (Lipinski definition) is 2. The van der Waals surface area contributed by atoms with Crippen molar-refractivity contribution < 1.29 is 13.2 Å². The summed E-state index contributed by atoms with van der Waals surface area (Å²) in [5, 5.41) is 3.29. The Hall–Kier alpha value is -1.11. The van der Waals surface area contributed by atoms with Gasteiger partial charge in [0.15, 0.2) is 0 Å². The predicted molar refractivity (Wildman–Crippen MR) is 83.0 cm³/mol. The minimum atomic E-state index is -3.44. The van der Waals surface area contributed by atoms with Crippen LogP contribution in [0.1, 0.15) is 26.7 Å². The largest absolute Gasteiger partial charge is 0.491 e. The summed E-state index contributed by atoms with van der Waals surface area (Å²) < 4.78 is 32.7. The Kier molecular flexibility index (Phi) is 5.61. The lowest BCUT2D eigenvalue weighted by molar-refractivity contribution is 0.242. The maximum Gasteiger partial charge on any atom is 0.240 e. The molecule has 21 heavy (non-hydrogen) atoms. The zero-order chi connectivity index (χ0) is 15.3. The lowest BCUT2D eigenvalue weighted by Crippen LogP contribution is -2.38. The van der Waals surface area contributed by atoms with E-state index in [0.717, 1.165) is 25.9 Å². The molecule has 1 aromatic carbocycles. The molecule has 118 valence electrons. The molecule has 1 saturated heterocycles. The molecule has 0 amide bonds. The van der Waals surface area contributed by atoms with E-state index in [1.165, 1.54) is 0 Å². The van der Waals surface area contributed by atoms with E-state index in [2.05, 4.69) is 10.0 Å².